The van der Waals surface area contributed by atoms with Crippen molar-refractivity contribution >= 4 is 11.8 Å². The van der Waals surface area contributed by atoms with E-state index in [2.05, 4.69) is 31.2 Å². The van der Waals surface area contributed by atoms with Gasteiger partial charge in [0.2, 0.25) is 5.91 Å². The molecule has 3 N–H and O–H groups in total. The molecule has 0 radical (unpaired) electrons. The molecule has 1 atom stereocenters. The summed E-state index contributed by atoms with van der Waals surface area (Å²) in [5, 5.41) is 0. The first-order chi connectivity index (χ1) is 9.81. The van der Waals surface area contributed by atoms with Gasteiger partial charge in [-0.15, -0.1) is 0 Å². The number of nitrogen functional groups attached to an aromatic ring is 1. The van der Waals surface area contributed by atoms with Crippen LogP contribution in [0.1, 0.15) is 43.4 Å². The Kier molecular flexibility index (Phi) is 4.27. The number of hydrogen-bond acceptors (Lipinski definition) is 4. The van der Waals surface area contributed by atoms with Crippen LogP contribution in [-0.2, 0) is 11.3 Å². The minimum atomic E-state index is -0.433. The van der Waals surface area contributed by atoms with E-state index in [9.17, 15) is 9.59 Å². The quantitative estimate of drug-likeness (QED) is 0.495. The van der Waals surface area contributed by atoms with Crippen molar-refractivity contribution in [1.82, 2.24) is 15.3 Å². The van der Waals surface area contributed by atoms with Gasteiger partial charge in [-0.2, -0.15) is 0 Å². The van der Waals surface area contributed by atoms with Gasteiger partial charge in [0.15, 0.2) is 0 Å². The molecule has 1 unspecified atom stereocenters. The summed E-state index contributed by atoms with van der Waals surface area (Å²) in [7, 11) is 0. The fraction of sp³-hybridized carbons (Fsp3) is 0.533. The SMILES string of the molecule is CC(C)(C)C1CC(=O)N(Cc2cccc(C(=O)NN)n2)C1. The zero-order chi connectivity index (χ0) is 15.6. The summed E-state index contributed by atoms with van der Waals surface area (Å²) >= 11 is 0. The molecule has 0 aromatic carbocycles. The third-order valence-electron chi connectivity index (χ3n) is 3.96. The number of carbonyl (C=O) groups is 2. The standard InChI is InChI=1S/C15H22N4O2/c1-15(2,3)10-7-13(20)19(8-10)9-11-5-4-6-12(17-11)14(21)18-16/h4-6,10H,7-9,16H2,1-3H3,(H,18,21). The molecule has 6 heteroatoms. The van der Waals surface area contributed by atoms with Gasteiger partial charge in [0, 0.05) is 13.0 Å². The molecule has 1 aliphatic rings. The van der Waals surface area contributed by atoms with E-state index in [1.54, 1.807) is 12.1 Å². The van der Waals surface area contributed by atoms with Gasteiger partial charge in [0.1, 0.15) is 5.69 Å². The lowest BCUT2D eigenvalue weighted by Gasteiger charge is -2.26. The first kappa shape index (κ1) is 15.4. The van der Waals surface area contributed by atoms with Gasteiger partial charge in [0.25, 0.3) is 5.91 Å². The van der Waals surface area contributed by atoms with Crippen LogP contribution in [0.4, 0.5) is 0 Å². The predicted molar refractivity (Wildman–Crippen MR) is 78.9 cm³/mol. The number of nitrogens with one attached hydrogen (secondary N) is 1. The molecule has 2 heterocycles. The molecule has 1 aromatic heterocycles. The lowest BCUT2D eigenvalue weighted by molar-refractivity contribution is -0.128. The molecule has 6 nitrogen and oxygen atoms in total. The Balaban J connectivity index is 2.09. The second-order valence-electron chi connectivity index (χ2n) is 6.53. The molecule has 2 amide bonds. The zero-order valence-electron chi connectivity index (χ0n) is 12.7. The predicted octanol–water partition coefficient (Wildman–Crippen LogP) is 1.08. The van der Waals surface area contributed by atoms with Crippen LogP contribution in [0.2, 0.25) is 0 Å². The van der Waals surface area contributed by atoms with Crippen LogP contribution in [0.15, 0.2) is 18.2 Å². The van der Waals surface area contributed by atoms with Crippen LogP contribution in [-0.4, -0.2) is 28.2 Å². The minimum absolute atomic E-state index is 0.110. The van der Waals surface area contributed by atoms with E-state index >= 15 is 0 Å². The maximum absolute atomic E-state index is 12.1. The number of nitrogens with two attached hydrogens (primary N) is 1. The number of hydrazine groups is 1. The smallest absolute Gasteiger partial charge is 0.283 e. The summed E-state index contributed by atoms with van der Waals surface area (Å²) in [6.07, 6.45) is 0.576. The summed E-state index contributed by atoms with van der Waals surface area (Å²) in [5.41, 5.74) is 3.12. The molecule has 21 heavy (non-hydrogen) atoms. The van der Waals surface area contributed by atoms with Crippen molar-refractivity contribution in [2.45, 2.75) is 33.7 Å². The fourth-order valence-electron chi connectivity index (χ4n) is 2.47. The largest absolute Gasteiger partial charge is 0.336 e. The molecule has 1 saturated heterocycles. The summed E-state index contributed by atoms with van der Waals surface area (Å²) in [6, 6.07) is 5.15. The van der Waals surface area contributed by atoms with E-state index < -0.39 is 5.91 Å². The maximum Gasteiger partial charge on any atom is 0.283 e. The van der Waals surface area contributed by atoms with Gasteiger partial charge in [-0.05, 0) is 23.5 Å². The summed E-state index contributed by atoms with van der Waals surface area (Å²) in [4.78, 5) is 29.6. The molecule has 0 spiro atoms. The highest BCUT2D eigenvalue weighted by molar-refractivity contribution is 5.91. The number of carbonyl (C=O) groups excluding carboxylic acids is 2. The van der Waals surface area contributed by atoms with Crippen molar-refractivity contribution in [3.05, 3.63) is 29.6 Å². The molecule has 0 bridgehead atoms. The Morgan fingerprint density at radius 2 is 2.19 bits per heavy atom. The normalized spacial score (nSPS) is 19.0. The Morgan fingerprint density at radius 3 is 2.76 bits per heavy atom. The van der Waals surface area contributed by atoms with E-state index in [0.717, 1.165) is 6.54 Å². The topological polar surface area (TPSA) is 88.3 Å². The van der Waals surface area contributed by atoms with Crippen LogP contribution in [0.25, 0.3) is 0 Å². The van der Waals surface area contributed by atoms with Crippen molar-refractivity contribution in [1.29, 1.82) is 0 Å². The lowest BCUT2D eigenvalue weighted by atomic mass is 9.80. The number of aromatic nitrogens is 1. The molecule has 1 aromatic rings. The highest BCUT2D eigenvalue weighted by atomic mass is 16.2. The molecular weight excluding hydrogens is 268 g/mol. The number of hydrogen-bond donors (Lipinski definition) is 2. The summed E-state index contributed by atoms with van der Waals surface area (Å²) < 4.78 is 0. The van der Waals surface area contributed by atoms with E-state index in [1.165, 1.54) is 0 Å². The summed E-state index contributed by atoms with van der Waals surface area (Å²) in [6.45, 7) is 7.62. The third kappa shape index (κ3) is 3.58. The maximum atomic E-state index is 12.1. The van der Waals surface area contributed by atoms with Gasteiger partial charge in [-0.25, -0.2) is 10.8 Å². The van der Waals surface area contributed by atoms with Crippen molar-refractivity contribution < 1.29 is 9.59 Å². The van der Waals surface area contributed by atoms with Crippen LogP contribution in [0.5, 0.6) is 0 Å². The van der Waals surface area contributed by atoms with Gasteiger partial charge in [0.05, 0.1) is 12.2 Å². The Bertz CT molecular complexity index is 551. The van der Waals surface area contributed by atoms with Crippen LogP contribution < -0.4 is 11.3 Å². The average molecular weight is 290 g/mol. The van der Waals surface area contributed by atoms with Crippen LogP contribution in [0, 0.1) is 11.3 Å². The lowest BCUT2D eigenvalue weighted by Crippen LogP contribution is -2.31. The zero-order valence-corrected chi connectivity index (χ0v) is 12.7. The number of likely N-dealkylation sites (tertiary alicyclic amines) is 1. The van der Waals surface area contributed by atoms with E-state index in [0.29, 0.717) is 24.6 Å². The van der Waals surface area contributed by atoms with E-state index in [4.69, 9.17) is 5.84 Å². The van der Waals surface area contributed by atoms with E-state index in [1.807, 2.05) is 11.0 Å². The molecule has 114 valence electrons. The molecule has 1 fully saturated rings. The van der Waals surface area contributed by atoms with Gasteiger partial charge in [-0.3, -0.25) is 15.0 Å². The fourth-order valence-corrected chi connectivity index (χ4v) is 2.47. The second-order valence-corrected chi connectivity index (χ2v) is 6.53. The molecule has 0 saturated carbocycles. The van der Waals surface area contributed by atoms with Gasteiger partial charge < -0.3 is 4.90 Å². The Labute approximate surface area is 124 Å². The third-order valence-corrected chi connectivity index (χ3v) is 3.96. The number of nitrogens with zero attached hydrogens (tertiary/aromatic N) is 2. The van der Waals surface area contributed by atoms with Crippen LogP contribution >= 0.6 is 0 Å². The first-order valence-electron chi connectivity index (χ1n) is 7.06. The van der Waals surface area contributed by atoms with Crippen molar-refractivity contribution in [2.75, 3.05) is 6.54 Å². The monoisotopic (exact) mass is 290 g/mol. The highest BCUT2D eigenvalue weighted by Gasteiger charge is 2.36. The first-order valence-corrected chi connectivity index (χ1v) is 7.06. The number of rotatable bonds is 3. The number of amides is 2. The molecule has 1 aliphatic heterocycles. The van der Waals surface area contributed by atoms with Crippen molar-refractivity contribution in [2.24, 2.45) is 17.2 Å². The van der Waals surface area contributed by atoms with Crippen molar-refractivity contribution in [3.63, 3.8) is 0 Å². The minimum Gasteiger partial charge on any atom is -0.336 e. The van der Waals surface area contributed by atoms with Crippen molar-refractivity contribution in [3.8, 4) is 0 Å². The van der Waals surface area contributed by atoms with E-state index in [-0.39, 0.29) is 17.0 Å². The van der Waals surface area contributed by atoms with Crippen LogP contribution in [0.3, 0.4) is 0 Å². The Morgan fingerprint density at radius 1 is 1.48 bits per heavy atom. The second kappa shape index (κ2) is 5.81. The Hall–Kier alpha value is -1.95. The summed E-state index contributed by atoms with van der Waals surface area (Å²) in [5.74, 6) is 5.16. The van der Waals surface area contributed by atoms with Gasteiger partial charge in [-0.1, -0.05) is 26.8 Å². The number of pyridine rings is 1. The van der Waals surface area contributed by atoms with Gasteiger partial charge >= 0.3 is 0 Å². The highest BCUT2D eigenvalue weighted by Crippen LogP contribution is 2.34. The molecular formula is C15H22N4O2. The average Bonchev–Trinajstić information content (AvgIpc) is 2.80. The molecule has 2 rings (SSSR count). The molecule has 0 aliphatic carbocycles.